The number of rotatable bonds is 1. The molecule has 0 aromatic heterocycles. The Labute approximate surface area is 94.5 Å². The van der Waals surface area contributed by atoms with Crippen LogP contribution in [-0.2, 0) is 0 Å². The van der Waals surface area contributed by atoms with Gasteiger partial charge in [-0.2, -0.15) is 0 Å². The second kappa shape index (κ2) is 7.15. The van der Waals surface area contributed by atoms with E-state index in [1.165, 1.54) is 11.8 Å². The topological polar surface area (TPSA) is 52.0 Å². The fraction of sp³-hybridized carbons (Fsp3) is 0.111. The van der Waals surface area contributed by atoms with Gasteiger partial charge >= 0.3 is 0 Å². The smallest absolute Gasteiger partial charge is 0.0388 e. The predicted octanol–water partition coefficient (Wildman–Crippen LogP) is 2.72. The van der Waals surface area contributed by atoms with Gasteiger partial charge in [0.05, 0.1) is 0 Å². The number of hydrogen-bond donors (Lipinski definition) is 2. The number of nitrogens with two attached hydrogens (primary N) is 2. The Kier molecular flexibility index (Phi) is 7.00. The molecule has 1 aromatic rings. The summed E-state index contributed by atoms with van der Waals surface area (Å²) in [5.41, 5.74) is 13.8. The van der Waals surface area contributed by atoms with Crippen molar-refractivity contribution in [1.82, 2.24) is 0 Å². The number of anilines is 1. The Morgan fingerprint density at radius 2 is 2.00 bits per heavy atom. The maximum absolute atomic E-state index is 5.67. The number of aryl methyl sites for hydroxylation is 1. The van der Waals surface area contributed by atoms with Crippen LogP contribution in [0.15, 0.2) is 24.4 Å². The number of nitrogen functional groups attached to an aromatic ring is 1. The Morgan fingerprint density at radius 3 is 2.54 bits per heavy atom. The minimum absolute atomic E-state index is 0.761. The van der Waals surface area contributed by atoms with Crippen molar-refractivity contribution in [3.05, 3.63) is 35.5 Å². The van der Waals surface area contributed by atoms with Crippen LogP contribution in [0.25, 0.3) is 6.08 Å². The Bertz CT molecular complexity index is 287. The van der Waals surface area contributed by atoms with Gasteiger partial charge in [-0.1, -0.05) is 40.6 Å². The second-order valence-electron chi connectivity index (χ2n) is 2.49. The fourth-order valence-corrected chi connectivity index (χ4v) is 0.942. The molecule has 1 rings (SSSR count). The lowest BCUT2D eigenvalue weighted by Gasteiger charge is -2.00. The van der Waals surface area contributed by atoms with Crippen molar-refractivity contribution < 1.29 is 0 Å². The van der Waals surface area contributed by atoms with Crippen LogP contribution in [0.4, 0.5) is 5.69 Å². The number of hydrogen-bond acceptors (Lipinski definition) is 2. The highest BCUT2D eigenvalue weighted by Crippen LogP contribution is 2.14. The van der Waals surface area contributed by atoms with Gasteiger partial charge in [0.25, 0.3) is 0 Å². The first-order valence-corrected chi connectivity index (χ1v) is 7.87. The van der Waals surface area contributed by atoms with Gasteiger partial charge in [0.1, 0.15) is 0 Å². The molecule has 0 amide bonds. The molecule has 0 heterocycles. The van der Waals surface area contributed by atoms with E-state index in [2.05, 4.69) is 28.9 Å². The maximum Gasteiger partial charge on any atom is 0.0388 e. The summed E-state index contributed by atoms with van der Waals surface area (Å²) < 4.78 is 0. The van der Waals surface area contributed by atoms with Crippen LogP contribution >= 0.6 is 28.9 Å². The first kappa shape index (κ1) is 12.7. The predicted molar refractivity (Wildman–Crippen MR) is 72.5 cm³/mol. The zero-order valence-electron chi connectivity index (χ0n) is 7.50. The van der Waals surface area contributed by atoms with Gasteiger partial charge < -0.3 is 11.5 Å². The van der Waals surface area contributed by atoms with E-state index in [-0.39, 0.29) is 0 Å². The van der Waals surface area contributed by atoms with E-state index in [0.717, 1.165) is 11.3 Å². The monoisotopic (exact) mass is 308 g/mol. The highest BCUT2D eigenvalue weighted by atomic mass is 127. The third kappa shape index (κ3) is 4.48. The van der Waals surface area contributed by atoms with Crippen LogP contribution in [0.5, 0.6) is 0 Å². The zero-order valence-corrected chi connectivity index (χ0v) is 10.8. The minimum Gasteiger partial charge on any atom is -0.405 e. The first-order chi connectivity index (χ1) is 6.24. The third-order valence-corrected chi connectivity index (χ3v) is 1.52. The van der Waals surface area contributed by atoms with Gasteiger partial charge in [0, 0.05) is 5.69 Å². The van der Waals surface area contributed by atoms with Crippen molar-refractivity contribution in [2.45, 2.75) is 6.92 Å². The molecule has 0 aliphatic heterocycles. The fourth-order valence-electron chi connectivity index (χ4n) is 0.942. The van der Waals surface area contributed by atoms with E-state index in [1.54, 1.807) is 6.08 Å². The van der Waals surface area contributed by atoms with Crippen molar-refractivity contribution in [3.63, 3.8) is 0 Å². The molecule has 0 aliphatic rings. The van der Waals surface area contributed by atoms with Gasteiger partial charge in [-0.05, 0) is 36.9 Å². The molecule has 4 heteroatoms. The van der Waals surface area contributed by atoms with Gasteiger partial charge in [-0.15, -0.1) is 0 Å². The Balaban J connectivity index is 0.000000671. The summed E-state index contributed by atoms with van der Waals surface area (Å²) in [5.74, 6) is 0. The molecule has 4 N–H and O–H groups in total. The van der Waals surface area contributed by atoms with E-state index < -0.39 is 0 Å². The third-order valence-electron chi connectivity index (χ3n) is 1.52. The largest absolute Gasteiger partial charge is 0.405 e. The molecule has 0 saturated carbocycles. The molecule has 72 valence electrons. The van der Waals surface area contributed by atoms with Crippen LogP contribution in [-0.4, -0.2) is 0 Å². The van der Waals surface area contributed by atoms with Crippen molar-refractivity contribution in [2.75, 3.05) is 5.73 Å². The van der Waals surface area contributed by atoms with Crippen LogP contribution in [0.2, 0.25) is 0 Å². The maximum atomic E-state index is 5.67. The molecule has 0 aliphatic carbocycles. The average Bonchev–Trinajstić information content (AvgIpc) is 2.15. The summed E-state index contributed by atoms with van der Waals surface area (Å²) in [7, 11) is 0. The SMILES string of the molecule is Cc1ccc(N)c(/C=C\N)c1.PI. The van der Waals surface area contributed by atoms with Gasteiger partial charge in [-0.25, -0.2) is 0 Å². The summed E-state index contributed by atoms with van der Waals surface area (Å²) >= 11 is 2.07. The highest BCUT2D eigenvalue weighted by molar-refractivity contribution is 14.2. The number of halogens is 1. The van der Waals surface area contributed by atoms with E-state index in [1.807, 2.05) is 25.1 Å². The van der Waals surface area contributed by atoms with Crippen LogP contribution in [0.3, 0.4) is 0 Å². The molecular formula is C9H14IN2P. The molecule has 1 atom stereocenters. The first-order valence-electron chi connectivity index (χ1n) is 3.70. The highest BCUT2D eigenvalue weighted by Gasteiger charge is 1.93. The molecule has 0 radical (unpaired) electrons. The van der Waals surface area contributed by atoms with E-state index >= 15 is 0 Å². The lowest BCUT2D eigenvalue weighted by atomic mass is 10.1. The molecule has 0 spiro atoms. The van der Waals surface area contributed by atoms with Crippen LogP contribution < -0.4 is 11.5 Å². The van der Waals surface area contributed by atoms with Gasteiger partial charge in [0.2, 0.25) is 0 Å². The summed E-state index contributed by atoms with van der Waals surface area (Å²) in [5, 5.41) is 0. The average molecular weight is 308 g/mol. The standard InChI is InChI=1S/C9H12N2.H2IP/c1-7-2-3-9(11)8(6-7)4-5-10;1-2/h2-6H,10-11H2,1H3;2H2/b5-4-;. The Hall–Kier alpha value is -0.280. The van der Waals surface area contributed by atoms with Gasteiger partial charge in [0.15, 0.2) is 0 Å². The van der Waals surface area contributed by atoms with Crippen molar-refractivity contribution in [2.24, 2.45) is 5.73 Å². The van der Waals surface area contributed by atoms with E-state index in [4.69, 9.17) is 11.5 Å². The summed E-state index contributed by atoms with van der Waals surface area (Å²) in [4.78, 5) is 0. The molecule has 0 bridgehead atoms. The molecular weight excluding hydrogens is 294 g/mol. The normalized spacial score (nSPS) is 9.46. The van der Waals surface area contributed by atoms with E-state index in [0.29, 0.717) is 0 Å². The minimum atomic E-state index is 0.761. The van der Waals surface area contributed by atoms with Gasteiger partial charge in [-0.3, -0.25) is 0 Å². The van der Waals surface area contributed by atoms with E-state index in [9.17, 15) is 0 Å². The van der Waals surface area contributed by atoms with Crippen LogP contribution in [0.1, 0.15) is 11.1 Å². The lowest BCUT2D eigenvalue weighted by Crippen LogP contribution is -1.90. The summed E-state index contributed by atoms with van der Waals surface area (Å²) in [6.45, 7) is 4.41. The summed E-state index contributed by atoms with van der Waals surface area (Å²) in [6.07, 6.45) is 3.29. The summed E-state index contributed by atoms with van der Waals surface area (Å²) in [6, 6.07) is 5.85. The lowest BCUT2D eigenvalue weighted by molar-refractivity contribution is 1.45. The molecule has 1 aromatic carbocycles. The quantitative estimate of drug-likeness (QED) is 0.476. The second-order valence-corrected chi connectivity index (χ2v) is 2.49. The Morgan fingerprint density at radius 1 is 1.38 bits per heavy atom. The molecule has 13 heavy (non-hydrogen) atoms. The van der Waals surface area contributed by atoms with Crippen LogP contribution in [0, 0.1) is 6.92 Å². The number of benzene rings is 1. The van der Waals surface area contributed by atoms with Crippen molar-refractivity contribution in [3.8, 4) is 0 Å². The zero-order chi connectivity index (χ0) is 10.3. The van der Waals surface area contributed by atoms with Crippen molar-refractivity contribution >= 4 is 40.7 Å². The molecule has 0 fully saturated rings. The molecule has 0 saturated heterocycles. The molecule has 1 unspecified atom stereocenters. The van der Waals surface area contributed by atoms with Crippen molar-refractivity contribution in [1.29, 1.82) is 0 Å². The molecule has 2 nitrogen and oxygen atoms in total.